The van der Waals surface area contributed by atoms with Crippen LogP contribution in [-0.2, 0) is 6.42 Å². The molecule has 106 valence electrons. The van der Waals surface area contributed by atoms with Crippen molar-refractivity contribution in [2.45, 2.75) is 26.2 Å². The van der Waals surface area contributed by atoms with Gasteiger partial charge in [0.25, 0.3) is 5.91 Å². The number of carbonyl (C=O) groups excluding carboxylic acids is 1. The molecule has 0 aliphatic rings. The van der Waals surface area contributed by atoms with E-state index in [0.29, 0.717) is 10.2 Å². The summed E-state index contributed by atoms with van der Waals surface area (Å²) in [7, 11) is 0. The molecule has 7 heteroatoms. The van der Waals surface area contributed by atoms with Crippen molar-refractivity contribution in [2.75, 3.05) is 5.32 Å². The maximum atomic E-state index is 12.0. The van der Waals surface area contributed by atoms with Gasteiger partial charge in [-0.2, -0.15) is 0 Å². The Labute approximate surface area is 125 Å². The van der Waals surface area contributed by atoms with Crippen LogP contribution in [0.3, 0.4) is 0 Å². The van der Waals surface area contributed by atoms with Gasteiger partial charge in [-0.15, -0.1) is 10.2 Å². The molecule has 1 amide bonds. The van der Waals surface area contributed by atoms with E-state index in [-0.39, 0.29) is 11.3 Å². The molecule has 1 heterocycles. The van der Waals surface area contributed by atoms with Crippen molar-refractivity contribution in [3.8, 4) is 5.75 Å². The van der Waals surface area contributed by atoms with Gasteiger partial charge < -0.3 is 5.11 Å². The van der Waals surface area contributed by atoms with Crippen molar-refractivity contribution in [3.05, 3.63) is 33.8 Å². The third-order valence-electron chi connectivity index (χ3n) is 2.63. The normalized spacial score (nSPS) is 10.5. The molecule has 0 spiro atoms. The number of aromatic hydroxyl groups is 1. The fourth-order valence-corrected chi connectivity index (χ4v) is 2.54. The van der Waals surface area contributed by atoms with Gasteiger partial charge in [-0.25, -0.2) is 0 Å². The number of rotatable bonds is 5. The number of nitrogens with zero attached hydrogens (tertiary/aromatic N) is 2. The van der Waals surface area contributed by atoms with E-state index >= 15 is 0 Å². The van der Waals surface area contributed by atoms with Crippen LogP contribution in [0.5, 0.6) is 5.75 Å². The quantitative estimate of drug-likeness (QED) is 0.886. The average Bonchev–Trinajstić information content (AvgIpc) is 2.86. The highest BCUT2D eigenvalue weighted by molar-refractivity contribution is 7.15. The van der Waals surface area contributed by atoms with Gasteiger partial charge in [0.2, 0.25) is 5.13 Å². The lowest BCUT2D eigenvalue weighted by Gasteiger charge is -2.04. The summed E-state index contributed by atoms with van der Waals surface area (Å²) in [4.78, 5) is 12.0. The van der Waals surface area contributed by atoms with Crippen LogP contribution in [0.25, 0.3) is 0 Å². The molecule has 0 atom stereocenters. The summed E-state index contributed by atoms with van der Waals surface area (Å²) < 4.78 is 0. The predicted octanol–water partition coefficient (Wildman–Crippen LogP) is 3.49. The fraction of sp³-hybridized carbons (Fsp3) is 0.308. The lowest BCUT2D eigenvalue weighted by atomic mass is 10.2. The number of carbonyl (C=O) groups is 1. The molecule has 5 nitrogen and oxygen atoms in total. The molecule has 2 rings (SSSR count). The number of halogens is 1. The molecule has 0 aliphatic heterocycles. The third-order valence-corrected chi connectivity index (χ3v) is 3.77. The van der Waals surface area contributed by atoms with Gasteiger partial charge in [0.05, 0.1) is 5.56 Å². The maximum Gasteiger partial charge on any atom is 0.261 e. The van der Waals surface area contributed by atoms with E-state index in [1.807, 2.05) is 0 Å². The second-order valence-electron chi connectivity index (χ2n) is 4.22. The zero-order chi connectivity index (χ0) is 14.5. The number of nitrogens with one attached hydrogen (secondary N) is 1. The largest absolute Gasteiger partial charge is 0.507 e. The predicted molar refractivity (Wildman–Crippen MR) is 79.6 cm³/mol. The highest BCUT2D eigenvalue weighted by Gasteiger charge is 2.14. The average molecular weight is 312 g/mol. The summed E-state index contributed by atoms with van der Waals surface area (Å²) in [6.45, 7) is 2.10. The Bertz CT molecular complexity index is 615. The van der Waals surface area contributed by atoms with Crippen LogP contribution < -0.4 is 5.32 Å². The summed E-state index contributed by atoms with van der Waals surface area (Å²) in [5.74, 6) is -0.578. The van der Waals surface area contributed by atoms with Crippen LogP contribution in [0, 0.1) is 0 Å². The van der Waals surface area contributed by atoms with Crippen LogP contribution in [0.1, 0.15) is 35.1 Å². The second kappa shape index (κ2) is 6.67. The summed E-state index contributed by atoms with van der Waals surface area (Å²) in [5, 5.41) is 21.9. The van der Waals surface area contributed by atoms with Crippen molar-refractivity contribution < 1.29 is 9.90 Å². The smallest absolute Gasteiger partial charge is 0.261 e. The Hall–Kier alpha value is -1.66. The minimum atomic E-state index is -0.455. The summed E-state index contributed by atoms with van der Waals surface area (Å²) >= 11 is 7.15. The summed E-state index contributed by atoms with van der Waals surface area (Å²) in [6.07, 6.45) is 2.97. The van der Waals surface area contributed by atoms with Crippen LogP contribution >= 0.6 is 22.9 Å². The van der Waals surface area contributed by atoms with Crippen molar-refractivity contribution in [3.63, 3.8) is 0 Å². The van der Waals surface area contributed by atoms with Crippen LogP contribution in [0.15, 0.2) is 18.2 Å². The van der Waals surface area contributed by atoms with Gasteiger partial charge in [-0.1, -0.05) is 36.3 Å². The number of phenolic OH excluding ortho intramolecular Hbond substituents is 1. The first-order chi connectivity index (χ1) is 9.60. The van der Waals surface area contributed by atoms with Crippen LogP contribution in [0.4, 0.5) is 5.13 Å². The Balaban J connectivity index is 2.07. The summed E-state index contributed by atoms with van der Waals surface area (Å²) in [5.41, 5.74) is 0.114. The van der Waals surface area contributed by atoms with Gasteiger partial charge in [0.1, 0.15) is 10.8 Å². The maximum absolute atomic E-state index is 12.0. The Kier molecular flexibility index (Phi) is 4.92. The highest BCUT2D eigenvalue weighted by atomic mass is 35.5. The van der Waals surface area contributed by atoms with Gasteiger partial charge in [-0.3, -0.25) is 10.1 Å². The standard InChI is InChI=1S/C13H14ClN3O2S/c1-2-3-4-11-16-17-13(20-11)15-12(19)9-7-8(14)5-6-10(9)18/h5-7,18H,2-4H2,1H3,(H,15,17,19). The Morgan fingerprint density at radius 2 is 2.25 bits per heavy atom. The first kappa shape index (κ1) is 14.7. The molecular weight excluding hydrogens is 298 g/mol. The van der Waals surface area contributed by atoms with Crippen molar-refractivity contribution in [1.82, 2.24) is 10.2 Å². The van der Waals surface area contributed by atoms with Gasteiger partial charge in [-0.05, 0) is 24.6 Å². The van der Waals surface area contributed by atoms with Crippen molar-refractivity contribution >= 4 is 34.0 Å². The van der Waals surface area contributed by atoms with E-state index in [2.05, 4.69) is 22.4 Å². The van der Waals surface area contributed by atoms with Crippen LogP contribution in [0.2, 0.25) is 5.02 Å². The SMILES string of the molecule is CCCCc1nnc(NC(=O)c2cc(Cl)ccc2O)s1. The van der Waals surface area contributed by atoms with Crippen LogP contribution in [-0.4, -0.2) is 21.2 Å². The number of unbranched alkanes of at least 4 members (excludes halogenated alkanes) is 1. The molecule has 0 radical (unpaired) electrons. The molecule has 1 aromatic heterocycles. The number of hydrogen-bond donors (Lipinski definition) is 2. The van der Waals surface area contributed by atoms with E-state index in [1.54, 1.807) is 0 Å². The number of phenols is 1. The van der Waals surface area contributed by atoms with E-state index in [4.69, 9.17) is 11.6 Å². The fourth-order valence-electron chi connectivity index (χ4n) is 1.59. The minimum absolute atomic E-state index is 0.114. The highest BCUT2D eigenvalue weighted by Crippen LogP contribution is 2.24. The zero-order valence-corrected chi connectivity index (χ0v) is 12.5. The molecule has 0 aliphatic carbocycles. The number of aryl methyl sites for hydroxylation is 1. The first-order valence-electron chi connectivity index (χ1n) is 6.22. The number of aromatic nitrogens is 2. The van der Waals surface area contributed by atoms with E-state index in [0.717, 1.165) is 24.3 Å². The topological polar surface area (TPSA) is 75.1 Å². The Morgan fingerprint density at radius 3 is 3.00 bits per heavy atom. The summed E-state index contributed by atoms with van der Waals surface area (Å²) in [6, 6.07) is 4.30. The van der Waals surface area contributed by atoms with Gasteiger partial charge >= 0.3 is 0 Å². The number of anilines is 1. The molecule has 2 N–H and O–H groups in total. The van der Waals surface area contributed by atoms with Crippen molar-refractivity contribution in [2.24, 2.45) is 0 Å². The first-order valence-corrected chi connectivity index (χ1v) is 7.42. The monoisotopic (exact) mass is 311 g/mol. The van der Waals surface area contributed by atoms with Gasteiger partial charge in [0.15, 0.2) is 0 Å². The molecule has 1 aromatic carbocycles. The number of amides is 1. The zero-order valence-electron chi connectivity index (χ0n) is 10.9. The molecule has 0 saturated heterocycles. The molecule has 0 fully saturated rings. The molecule has 20 heavy (non-hydrogen) atoms. The molecular formula is C13H14ClN3O2S. The molecule has 0 unspecified atom stereocenters. The van der Waals surface area contributed by atoms with E-state index < -0.39 is 5.91 Å². The van der Waals surface area contributed by atoms with Crippen molar-refractivity contribution in [1.29, 1.82) is 0 Å². The van der Waals surface area contributed by atoms with Gasteiger partial charge in [0, 0.05) is 11.4 Å². The van der Waals surface area contributed by atoms with E-state index in [9.17, 15) is 9.90 Å². The molecule has 2 aromatic rings. The minimum Gasteiger partial charge on any atom is -0.507 e. The third kappa shape index (κ3) is 3.68. The van der Waals surface area contributed by atoms with E-state index in [1.165, 1.54) is 29.5 Å². The number of benzene rings is 1. The Morgan fingerprint density at radius 1 is 1.45 bits per heavy atom. The number of hydrogen-bond acceptors (Lipinski definition) is 5. The molecule has 0 bridgehead atoms. The molecule has 0 saturated carbocycles. The lowest BCUT2D eigenvalue weighted by Crippen LogP contribution is -2.11. The second-order valence-corrected chi connectivity index (χ2v) is 5.72. The lowest BCUT2D eigenvalue weighted by molar-refractivity contribution is 0.102.